The molecule has 0 aliphatic carbocycles. The maximum absolute atomic E-state index is 5.97. The van der Waals surface area contributed by atoms with E-state index in [1.54, 1.807) is 0 Å². The number of nitrogens with one attached hydrogen (secondary N) is 1. The molecule has 1 heterocycles. The third-order valence-corrected chi connectivity index (χ3v) is 5.00. The molecule has 1 aliphatic heterocycles. The first-order chi connectivity index (χ1) is 12.2. The SMILES string of the molecule is CCN1CCC[C@H]1CNCc1cccc(OCc2cccc(C)c2)c1. The van der Waals surface area contributed by atoms with Crippen LogP contribution in [-0.2, 0) is 13.2 Å². The van der Waals surface area contributed by atoms with Gasteiger partial charge in [0.25, 0.3) is 0 Å². The Bertz CT molecular complexity index is 671. The van der Waals surface area contributed by atoms with E-state index in [-0.39, 0.29) is 0 Å². The van der Waals surface area contributed by atoms with Crippen molar-refractivity contribution in [2.24, 2.45) is 0 Å². The van der Waals surface area contributed by atoms with Crippen molar-refractivity contribution in [1.82, 2.24) is 10.2 Å². The van der Waals surface area contributed by atoms with E-state index in [2.05, 4.69) is 66.5 Å². The Balaban J connectivity index is 1.48. The Kier molecular flexibility index (Phi) is 6.48. The fraction of sp³-hybridized carbons (Fsp3) is 0.455. The summed E-state index contributed by atoms with van der Waals surface area (Å²) in [5.41, 5.74) is 3.76. The molecule has 0 aromatic heterocycles. The summed E-state index contributed by atoms with van der Waals surface area (Å²) in [6.07, 6.45) is 2.66. The molecule has 3 rings (SSSR count). The van der Waals surface area contributed by atoms with Crippen LogP contribution in [0.3, 0.4) is 0 Å². The molecule has 3 nitrogen and oxygen atoms in total. The predicted molar refractivity (Wildman–Crippen MR) is 104 cm³/mol. The van der Waals surface area contributed by atoms with Crippen molar-refractivity contribution in [3.8, 4) is 5.75 Å². The molecule has 0 amide bonds. The van der Waals surface area contributed by atoms with Crippen LogP contribution in [0.25, 0.3) is 0 Å². The lowest BCUT2D eigenvalue weighted by Gasteiger charge is -2.23. The Labute approximate surface area is 152 Å². The summed E-state index contributed by atoms with van der Waals surface area (Å²) in [5, 5.41) is 3.62. The second-order valence-corrected chi connectivity index (χ2v) is 6.98. The van der Waals surface area contributed by atoms with E-state index in [4.69, 9.17) is 4.74 Å². The third-order valence-electron chi connectivity index (χ3n) is 5.00. The van der Waals surface area contributed by atoms with Crippen LogP contribution in [0.2, 0.25) is 0 Å². The van der Waals surface area contributed by atoms with Crippen molar-refractivity contribution < 1.29 is 4.74 Å². The molecule has 134 valence electrons. The summed E-state index contributed by atoms with van der Waals surface area (Å²) in [6.45, 7) is 9.37. The van der Waals surface area contributed by atoms with E-state index in [1.807, 2.05) is 6.07 Å². The second-order valence-electron chi connectivity index (χ2n) is 6.98. The van der Waals surface area contributed by atoms with Crippen LogP contribution < -0.4 is 10.1 Å². The van der Waals surface area contributed by atoms with Crippen molar-refractivity contribution in [2.75, 3.05) is 19.6 Å². The smallest absolute Gasteiger partial charge is 0.120 e. The van der Waals surface area contributed by atoms with Crippen LogP contribution in [0.15, 0.2) is 48.5 Å². The van der Waals surface area contributed by atoms with Gasteiger partial charge < -0.3 is 10.1 Å². The molecule has 1 atom stereocenters. The van der Waals surface area contributed by atoms with Crippen LogP contribution in [-0.4, -0.2) is 30.6 Å². The second kappa shape index (κ2) is 9.02. The number of hydrogen-bond acceptors (Lipinski definition) is 3. The zero-order chi connectivity index (χ0) is 17.5. The summed E-state index contributed by atoms with van der Waals surface area (Å²) in [6, 6.07) is 17.6. The van der Waals surface area contributed by atoms with E-state index >= 15 is 0 Å². The van der Waals surface area contributed by atoms with Gasteiger partial charge >= 0.3 is 0 Å². The van der Waals surface area contributed by atoms with Gasteiger partial charge in [-0.1, -0.05) is 48.9 Å². The number of nitrogens with zero attached hydrogens (tertiary/aromatic N) is 1. The number of aryl methyl sites for hydroxylation is 1. The fourth-order valence-electron chi connectivity index (χ4n) is 3.64. The molecule has 2 aromatic carbocycles. The number of likely N-dealkylation sites (tertiary alicyclic amines) is 1. The Morgan fingerprint density at radius 3 is 2.80 bits per heavy atom. The van der Waals surface area contributed by atoms with Crippen molar-refractivity contribution in [2.45, 2.75) is 45.9 Å². The maximum atomic E-state index is 5.97. The van der Waals surface area contributed by atoms with Gasteiger partial charge in [-0.05, 0) is 56.1 Å². The normalized spacial score (nSPS) is 17.8. The van der Waals surface area contributed by atoms with Crippen molar-refractivity contribution in [3.05, 3.63) is 65.2 Å². The van der Waals surface area contributed by atoms with Crippen LogP contribution in [0.4, 0.5) is 0 Å². The molecule has 0 radical (unpaired) electrons. The summed E-state index contributed by atoms with van der Waals surface area (Å²) < 4.78 is 5.97. The lowest BCUT2D eigenvalue weighted by Crippen LogP contribution is -2.37. The highest BCUT2D eigenvalue weighted by molar-refractivity contribution is 5.29. The summed E-state index contributed by atoms with van der Waals surface area (Å²) in [7, 11) is 0. The monoisotopic (exact) mass is 338 g/mol. The molecular formula is C22H30N2O. The molecule has 1 aliphatic rings. The van der Waals surface area contributed by atoms with Crippen LogP contribution in [0.5, 0.6) is 5.75 Å². The van der Waals surface area contributed by atoms with Gasteiger partial charge in [-0.2, -0.15) is 0 Å². The van der Waals surface area contributed by atoms with Gasteiger partial charge in [-0.3, -0.25) is 4.90 Å². The topological polar surface area (TPSA) is 24.5 Å². The first-order valence-corrected chi connectivity index (χ1v) is 9.46. The number of benzene rings is 2. The largest absolute Gasteiger partial charge is 0.489 e. The molecule has 0 bridgehead atoms. The summed E-state index contributed by atoms with van der Waals surface area (Å²) in [5.74, 6) is 0.942. The molecule has 1 saturated heterocycles. The zero-order valence-corrected chi connectivity index (χ0v) is 15.5. The molecule has 2 aromatic rings. The number of rotatable bonds is 8. The number of ether oxygens (including phenoxy) is 1. The van der Waals surface area contributed by atoms with Gasteiger partial charge in [0.05, 0.1) is 0 Å². The zero-order valence-electron chi connectivity index (χ0n) is 15.5. The van der Waals surface area contributed by atoms with E-state index < -0.39 is 0 Å². The number of hydrogen-bond donors (Lipinski definition) is 1. The quantitative estimate of drug-likeness (QED) is 0.782. The van der Waals surface area contributed by atoms with Gasteiger partial charge in [-0.25, -0.2) is 0 Å². The average molecular weight is 338 g/mol. The highest BCUT2D eigenvalue weighted by Gasteiger charge is 2.21. The Hall–Kier alpha value is -1.84. The molecule has 1 fully saturated rings. The van der Waals surface area contributed by atoms with Crippen LogP contribution in [0.1, 0.15) is 36.5 Å². The lowest BCUT2D eigenvalue weighted by molar-refractivity contribution is 0.260. The lowest BCUT2D eigenvalue weighted by atomic mass is 10.1. The minimum Gasteiger partial charge on any atom is -0.489 e. The highest BCUT2D eigenvalue weighted by Crippen LogP contribution is 2.17. The molecule has 0 spiro atoms. The van der Waals surface area contributed by atoms with Gasteiger partial charge in [-0.15, -0.1) is 0 Å². The van der Waals surface area contributed by atoms with E-state index in [0.717, 1.165) is 25.4 Å². The van der Waals surface area contributed by atoms with E-state index in [9.17, 15) is 0 Å². The van der Waals surface area contributed by atoms with Gasteiger partial charge in [0, 0.05) is 19.1 Å². The van der Waals surface area contributed by atoms with Crippen molar-refractivity contribution >= 4 is 0 Å². The first kappa shape index (κ1) is 18.0. The first-order valence-electron chi connectivity index (χ1n) is 9.46. The Morgan fingerprint density at radius 2 is 1.96 bits per heavy atom. The molecule has 1 N–H and O–H groups in total. The van der Waals surface area contributed by atoms with Gasteiger partial charge in [0.1, 0.15) is 12.4 Å². The molecule has 0 saturated carbocycles. The minimum atomic E-state index is 0.617. The standard InChI is InChI=1S/C22H30N2O/c1-3-24-12-6-10-21(24)16-23-15-19-8-5-11-22(14-19)25-17-20-9-4-7-18(2)13-20/h4-5,7-9,11,13-14,21,23H,3,6,10,12,15-17H2,1-2H3/t21-/m0/s1. The number of likely N-dealkylation sites (N-methyl/N-ethyl adjacent to an activating group) is 1. The van der Waals surface area contributed by atoms with Crippen molar-refractivity contribution in [3.63, 3.8) is 0 Å². The van der Waals surface area contributed by atoms with Crippen LogP contribution >= 0.6 is 0 Å². The Morgan fingerprint density at radius 1 is 1.12 bits per heavy atom. The van der Waals surface area contributed by atoms with Crippen molar-refractivity contribution in [1.29, 1.82) is 0 Å². The van der Waals surface area contributed by atoms with Gasteiger partial charge in [0.15, 0.2) is 0 Å². The van der Waals surface area contributed by atoms with Crippen LogP contribution in [0, 0.1) is 6.92 Å². The molecule has 25 heavy (non-hydrogen) atoms. The minimum absolute atomic E-state index is 0.617. The summed E-state index contributed by atoms with van der Waals surface area (Å²) >= 11 is 0. The average Bonchev–Trinajstić information content (AvgIpc) is 3.08. The molecular weight excluding hydrogens is 308 g/mol. The van der Waals surface area contributed by atoms with Gasteiger partial charge in [0.2, 0.25) is 0 Å². The van der Waals surface area contributed by atoms with E-state index in [0.29, 0.717) is 12.6 Å². The predicted octanol–water partition coefficient (Wildman–Crippen LogP) is 4.15. The summed E-state index contributed by atoms with van der Waals surface area (Å²) in [4.78, 5) is 2.58. The van der Waals surface area contributed by atoms with E-state index in [1.165, 1.54) is 36.1 Å². The fourth-order valence-corrected chi connectivity index (χ4v) is 3.64. The maximum Gasteiger partial charge on any atom is 0.120 e. The third kappa shape index (κ3) is 5.32. The highest BCUT2D eigenvalue weighted by atomic mass is 16.5. The molecule has 0 unspecified atom stereocenters. The molecule has 3 heteroatoms.